The summed E-state index contributed by atoms with van der Waals surface area (Å²) in [5.41, 5.74) is 2.01. The largest absolute Gasteiger partial charge is 0.507 e. The average Bonchev–Trinajstić information content (AvgIpc) is 2.59. The maximum atomic E-state index is 11.0. The van der Waals surface area contributed by atoms with E-state index in [9.17, 15) is 9.90 Å². The first-order valence-electron chi connectivity index (χ1n) is 5.09. The molecule has 2 aromatic rings. The van der Waals surface area contributed by atoms with Crippen molar-refractivity contribution < 1.29 is 15.0 Å². The van der Waals surface area contributed by atoms with Gasteiger partial charge in [0.1, 0.15) is 11.4 Å². The van der Waals surface area contributed by atoms with Crippen molar-refractivity contribution in [2.24, 2.45) is 7.05 Å². The van der Waals surface area contributed by atoms with Gasteiger partial charge in [-0.15, -0.1) is 0 Å². The summed E-state index contributed by atoms with van der Waals surface area (Å²) in [4.78, 5) is 11.0. The first-order valence-corrected chi connectivity index (χ1v) is 5.09. The number of rotatable bonds is 2. The molecular weight excluding hydrogens is 206 g/mol. The van der Waals surface area contributed by atoms with Gasteiger partial charge in [0.2, 0.25) is 0 Å². The van der Waals surface area contributed by atoms with Gasteiger partial charge in [0.05, 0.1) is 5.52 Å². The normalized spacial score (nSPS) is 10.9. The molecule has 2 N–H and O–H groups in total. The van der Waals surface area contributed by atoms with Gasteiger partial charge in [-0.25, -0.2) is 4.79 Å². The SMILES string of the molecule is CCc1ccc(O)c2cc(C(=O)O)n(C)c12. The number of aromatic nitrogens is 1. The molecule has 0 spiro atoms. The van der Waals surface area contributed by atoms with Crippen molar-refractivity contribution in [2.45, 2.75) is 13.3 Å². The van der Waals surface area contributed by atoms with Gasteiger partial charge < -0.3 is 14.8 Å². The van der Waals surface area contributed by atoms with Crippen molar-refractivity contribution in [3.05, 3.63) is 29.5 Å². The number of hydrogen-bond acceptors (Lipinski definition) is 2. The fourth-order valence-corrected chi connectivity index (χ4v) is 2.03. The number of phenolic OH excluding ortho intramolecular Hbond substituents is 1. The highest BCUT2D eigenvalue weighted by Crippen LogP contribution is 2.30. The molecule has 4 heteroatoms. The van der Waals surface area contributed by atoms with E-state index in [-0.39, 0.29) is 11.4 Å². The molecule has 4 nitrogen and oxygen atoms in total. The molecule has 1 aromatic carbocycles. The molecule has 2 rings (SSSR count). The van der Waals surface area contributed by atoms with E-state index in [1.54, 1.807) is 17.7 Å². The van der Waals surface area contributed by atoms with E-state index in [1.807, 2.05) is 13.0 Å². The molecule has 0 bridgehead atoms. The van der Waals surface area contributed by atoms with E-state index in [4.69, 9.17) is 5.11 Å². The van der Waals surface area contributed by atoms with Crippen LogP contribution in [0.4, 0.5) is 0 Å². The Morgan fingerprint density at radius 2 is 2.12 bits per heavy atom. The molecule has 0 radical (unpaired) electrons. The molecule has 0 amide bonds. The van der Waals surface area contributed by atoms with Gasteiger partial charge >= 0.3 is 5.97 Å². The van der Waals surface area contributed by atoms with Crippen molar-refractivity contribution in [1.82, 2.24) is 4.57 Å². The van der Waals surface area contributed by atoms with Crippen molar-refractivity contribution >= 4 is 16.9 Å². The number of aromatic carboxylic acids is 1. The Bertz CT molecular complexity index is 569. The Hall–Kier alpha value is -1.97. The van der Waals surface area contributed by atoms with Crippen molar-refractivity contribution in [2.75, 3.05) is 0 Å². The van der Waals surface area contributed by atoms with Crippen LogP contribution in [0, 0.1) is 0 Å². The lowest BCUT2D eigenvalue weighted by Crippen LogP contribution is -2.04. The van der Waals surface area contributed by atoms with Crippen LogP contribution < -0.4 is 0 Å². The third-order valence-corrected chi connectivity index (χ3v) is 2.86. The Kier molecular flexibility index (Phi) is 2.34. The highest BCUT2D eigenvalue weighted by molar-refractivity contribution is 5.98. The molecular formula is C12H13NO3. The topological polar surface area (TPSA) is 62.5 Å². The molecule has 0 atom stereocenters. The smallest absolute Gasteiger partial charge is 0.352 e. The molecule has 16 heavy (non-hydrogen) atoms. The number of aromatic hydroxyl groups is 1. The Balaban J connectivity index is 2.89. The summed E-state index contributed by atoms with van der Waals surface area (Å²) >= 11 is 0. The zero-order valence-corrected chi connectivity index (χ0v) is 9.19. The number of benzene rings is 1. The fraction of sp³-hybridized carbons (Fsp3) is 0.250. The second-order valence-corrected chi connectivity index (χ2v) is 3.75. The minimum Gasteiger partial charge on any atom is -0.507 e. The van der Waals surface area contributed by atoms with Gasteiger partial charge in [0.15, 0.2) is 0 Å². The number of carboxylic acid groups (broad SMARTS) is 1. The molecule has 1 aromatic heterocycles. The first-order chi connectivity index (χ1) is 7.56. The van der Waals surface area contributed by atoms with E-state index in [2.05, 4.69) is 0 Å². The third kappa shape index (κ3) is 1.34. The van der Waals surface area contributed by atoms with Gasteiger partial charge in [-0.3, -0.25) is 0 Å². The van der Waals surface area contributed by atoms with Crippen molar-refractivity contribution in [3.8, 4) is 5.75 Å². The second-order valence-electron chi connectivity index (χ2n) is 3.75. The maximum Gasteiger partial charge on any atom is 0.352 e. The Morgan fingerprint density at radius 3 is 2.69 bits per heavy atom. The number of fused-ring (bicyclic) bond motifs is 1. The van der Waals surface area contributed by atoms with Crippen LogP contribution in [0.5, 0.6) is 5.75 Å². The predicted octanol–water partition coefficient (Wildman–Crippen LogP) is 2.14. The first kappa shape index (κ1) is 10.5. The van der Waals surface area contributed by atoms with Gasteiger partial charge in [-0.2, -0.15) is 0 Å². The lowest BCUT2D eigenvalue weighted by molar-refractivity contribution is 0.0687. The van der Waals surface area contributed by atoms with Crippen molar-refractivity contribution in [1.29, 1.82) is 0 Å². The van der Waals surface area contributed by atoms with E-state index in [0.29, 0.717) is 5.39 Å². The maximum absolute atomic E-state index is 11.0. The zero-order valence-electron chi connectivity index (χ0n) is 9.19. The number of carbonyl (C=O) groups is 1. The highest BCUT2D eigenvalue weighted by atomic mass is 16.4. The molecule has 0 aliphatic rings. The second kappa shape index (κ2) is 3.56. The molecule has 0 saturated carbocycles. The number of aryl methyl sites for hydroxylation is 2. The quantitative estimate of drug-likeness (QED) is 0.813. The standard InChI is InChI=1S/C12H13NO3/c1-3-7-4-5-10(14)8-6-9(12(15)16)13(2)11(7)8/h4-6,14H,3H2,1-2H3,(H,15,16). The molecule has 1 heterocycles. The summed E-state index contributed by atoms with van der Waals surface area (Å²) in [5, 5.41) is 19.3. The van der Waals surface area contributed by atoms with Crippen LogP contribution in [0.25, 0.3) is 10.9 Å². The third-order valence-electron chi connectivity index (χ3n) is 2.86. The summed E-state index contributed by atoms with van der Waals surface area (Å²) in [5.74, 6) is -0.865. The highest BCUT2D eigenvalue weighted by Gasteiger charge is 2.16. The number of hydrogen-bond donors (Lipinski definition) is 2. The molecule has 0 saturated heterocycles. The van der Waals surface area contributed by atoms with Crippen LogP contribution in [-0.4, -0.2) is 20.7 Å². The number of phenols is 1. The average molecular weight is 219 g/mol. The van der Waals surface area contributed by atoms with Gasteiger partial charge in [-0.1, -0.05) is 13.0 Å². The van der Waals surface area contributed by atoms with Crippen LogP contribution in [0.15, 0.2) is 18.2 Å². The summed E-state index contributed by atoms with van der Waals surface area (Å²) in [6.45, 7) is 2.00. The minimum absolute atomic E-state index is 0.121. The summed E-state index contributed by atoms with van der Waals surface area (Å²) in [6, 6.07) is 4.93. The summed E-state index contributed by atoms with van der Waals surface area (Å²) < 4.78 is 1.61. The van der Waals surface area contributed by atoms with Crippen LogP contribution in [0.2, 0.25) is 0 Å². The molecule has 0 unspecified atom stereocenters. The van der Waals surface area contributed by atoms with Crippen LogP contribution in [0.3, 0.4) is 0 Å². The Labute approximate surface area is 92.7 Å². The van der Waals surface area contributed by atoms with E-state index in [1.165, 1.54) is 6.07 Å². The van der Waals surface area contributed by atoms with E-state index in [0.717, 1.165) is 17.5 Å². The fourth-order valence-electron chi connectivity index (χ4n) is 2.03. The zero-order chi connectivity index (χ0) is 11.9. The van der Waals surface area contributed by atoms with E-state index < -0.39 is 5.97 Å². The van der Waals surface area contributed by atoms with Crippen LogP contribution in [0.1, 0.15) is 23.0 Å². The summed E-state index contributed by atoms with van der Waals surface area (Å²) in [7, 11) is 1.70. The van der Waals surface area contributed by atoms with Crippen molar-refractivity contribution in [3.63, 3.8) is 0 Å². The lowest BCUT2D eigenvalue weighted by Gasteiger charge is -2.05. The van der Waals surface area contributed by atoms with Gasteiger partial charge in [0, 0.05) is 12.4 Å². The Morgan fingerprint density at radius 1 is 1.44 bits per heavy atom. The number of carboxylic acids is 1. The van der Waals surface area contributed by atoms with Crippen LogP contribution in [-0.2, 0) is 13.5 Å². The molecule has 0 fully saturated rings. The molecule has 84 valence electrons. The summed E-state index contributed by atoms with van der Waals surface area (Å²) in [6.07, 6.45) is 0.799. The minimum atomic E-state index is -0.986. The van der Waals surface area contributed by atoms with Gasteiger partial charge in [-0.05, 0) is 24.1 Å². The molecule has 0 aliphatic carbocycles. The predicted molar refractivity (Wildman–Crippen MR) is 60.9 cm³/mol. The van der Waals surface area contributed by atoms with E-state index >= 15 is 0 Å². The lowest BCUT2D eigenvalue weighted by atomic mass is 10.1. The monoisotopic (exact) mass is 219 g/mol. The van der Waals surface area contributed by atoms with Crippen LogP contribution >= 0.6 is 0 Å². The number of nitrogens with zero attached hydrogens (tertiary/aromatic N) is 1. The molecule has 0 aliphatic heterocycles. The van der Waals surface area contributed by atoms with Gasteiger partial charge in [0.25, 0.3) is 0 Å².